The van der Waals surface area contributed by atoms with Gasteiger partial charge >= 0.3 is 5.97 Å². The van der Waals surface area contributed by atoms with Gasteiger partial charge in [-0.1, -0.05) is 18.2 Å². The predicted octanol–water partition coefficient (Wildman–Crippen LogP) is 3.38. The van der Waals surface area contributed by atoms with Gasteiger partial charge in [0.2, 0.25) is 5.88 Å². The van der Waals surface area contributed by atoms with Gasteiger partial charge in [-0.3, -0.25) is 0 Å². The molecule has 0 saturated heterocycles. The fourth-order valence-electron chi connectivity index (χ4n) is 2.26. The number of hydrogen-bond donors (Lipinski definition) is 0. The van der Waals surface area contributed by atoms with Crippen LogP contribution in [-0.4, -0.2) is 30.4 Å². The van der Waals surface area contributed by atoms with E-state index >= 15 is 0 Å². The Bertz CT molecular complexity index is 864. The number of methoxy groups -OCH3 is 2. The number of carbonyl (C=O) groups is 1. The summed E-state index contributed by atoms with van der Waals surface area (Å²) in [6, 6.07) is 17.4. The molecule has 126 valence electrons. The van der Waals surface area contributed by atoms with Gasteiger partial charge in [0.05, 0.1) is 25.5 Å². The Morgan fingerprint density at radius 2 is 1.68 bits per heavy atom. The standard InChI is InChI=1S/C19H16N2O4/c1-23-14-8-10-17(24-2)15(12-14)16-9-11-18(21-20-16)25-19(22)13-6-4-3-5-7-13/h3-12H,1-2H3. The van der Waals surface area contributed by atoms with Crippen LogP contribution >= 0.6 is 0 Å². The molecule has 0 unspecified atom stereocenters. The molecule has 0 aliphatic heterocycles. The summed E-state index contributed by atoms with van der Waals surface area (Å²) in [5, 5.41) is 8.08. The summed E-state index contributed by atoms with van der Waals surface area (Å²) in [6.45, 7) is 0. The summed E-state index contributed by atoms with van der Waals surface area (Å²) >= 11 is 0. The van der Waals surface area contributed by atoms with E-state index in [0.717, 1.165) is 5.56 Å². The highest BCUT2D eigenvalue weighted by Crippen LogP contribution is 2.32. The van der Waals surface area contributed by atoms with Gasteiger partial charge in [-0.15, -0.1) is 10.2 Å². The summed E-state index contributed by atoms with van der Waals surface area (Å²) in [4.78, 5) is 12.0. The van der Waals surface area contributed by atoms with E-state index in [-0.39, 0.29) is 5.88 Å². The molecule has 0 amide bonds. The number of benzene rings is 2. The van der Waals surface area contributed by atoms with E-state index in [1.807, 2.05) is 6.07 Å². The van der Waals surface area contributed by atoms with Crippen LogP contribution in [0.4, 0.5) is 0 Å². The zero-order chi connectivity index (χ0) is 17.6. The first kappa shape index (κ1) is 16.4. The fraction of sp³-hybridized carbons (Fsp3) is 0.105. The van der Waals surface area contributed by atoms with Crippen molar-refractivity contribution in [2.75, 3.05) is 14.2 Å². The molecule has 0 aliphatic carbocycles. The molecule has 0 atom stereocenters. The average molecular weight is 336 g/mol. The summed E-state index contributed by atoms with van der Waals surface area (Å²) in [6.07, 6.45) is 0. The molecular weight excluding hydrogens is 320 g/mol. The first-order chi connectivity index (χ1) is 12.2. The third-order valence-corrected chi connectivity index (χ3v) is 3.53. The Hall–Kier alpha value is -3.41. The molecule has 3 rings (SSSR count). The van der Waals surface area contributed by atoms with Crippen molar-refractivity contribution in [2.45, 2.75) is 0 Å². The van der Waals surface area contributed by atoms with Gasteiger partial charge in [0, 0.05) is 11.6 Å². The Morgan fingerprint density at radius 1 is 0.880 bits per heavy atom. The molecule has 0 bridgehead atoms. The van der Waals surface area contributed by atoms with Gasteiger partial charge < -0.3 is 14.2 Å². The van der Waals surface area contributed by atoms with Crippen molar-refractivity contribution in [2.24, 2.45) is 0 Å². The van der Waals surface area contributed by atoms with Crippen molar-refractivity contribution < 1.29 is 19.0 Å². The predicted molar refractivity (Wildman–Crippen MR) is 92.0 cm³/mol. The molecule has 0 radical (unpaired) electrons. The minimum Gasteiger partial charge on any atom is -0.497 e. The third kappa shape index (κ3) is 3.74. The van der Waals surface area contributed by atoms with Crippen LogP contribution in [0.25, 0.3) is 11.3 Å². The molecule has 0 N–H and O–H groups in total. The van der Waals surface area contributed by atoms with Gasteiger partial charge in [-0.05, 0) is 36.4 Å². The van der Waals surface area contributed by atoms with Crippen LogP contribution in [0.1, 0.15) is 10.4 Å². The maximum Gasteiger partial charge on any atom is 0.344 e. The lowest BCUT2D eigenvalue weighted by Crippen LogP contribution is -2.09. The number of nitrogens with zero attached hydrogens (tertiary/aromatic N) is 2. The Labute approximate surface area is 145 Å². The van der Waals surface area contributed by atoms with E-state index in [1.54, 1.807) is 68.8 Å². The van der Waals surface area contributed by atoms with E-state index in [0.29, 0.717) is 22.8 Å². The smallest absolute Gasteiger partial charge is 0.344 e. The van der Waals surface area contributed by atoms with Gasteiger partial charge in [-0.25, -0.2) is 4.79 Å². The largest absolute Gasteiger partial charge is 0.497 e. The van der Waals surface area contributed by atoms with Gasteiger partial charge in [0.1, 0.15) is 11.5 Å². The molecule has 6 heteroatoms. The maximum absolute atomic E-state index is 12.0. The number of aromatic nitrogens is 2. The van der Waals surface area contributed by atoms with E-state index in [9.17, 15) is 4.79 Å². The van der Waals surface area contributed by atoms with Crippen LogP contribution in [0, 0.1) is 0 Å². The highest BCUT2D eigenvalue weighted by molar-refractivity contribution is 5.90. The molecule has 6 nitrogen and oxygen atoms in total. The maximum atomic E-state index is 12.0. The van der Waals surface area contributed by atoms with Gasteiger partial charge in [0.25, 0.3) is 0 Å². The van der Waals surface area contributed by atoms with Crippen molar-refractivity contribution in [1.29, 1.82) is 0 Å². The van der Waals surface area contributed by atoms with Crippen LogP contribution in [-0.2, 0) is 0 Å². The zero-order valence-corrected chi connectivity index (χ0v) is 13.8. The topological polar surface area (TPSA) is 70.5 Å². The fourth-order valence-corrected chi connectivity index (χ4v) is 2.26. The highest BCUT2D eigenvalue weighted by atomic mass is 16.5. The SMILES string of the molecule is COc1ccc(OC)c(-c2ccc(OC(=O)c3ccccc3)nn2)c1. The second kappa shape index (κ2) is 7.44. The monoisotopic (exact) mass is 336 g/mol. The molecule has 0 spiro atoms. The number of ether oxygens (including phenoxy) is 3. The van der Waals surface area contributed by atoms with E-state index < -0.39 is 5.97 Å². The second-order valence-electron chi connectivity index (χ2n) is 5.08. The number of rotatable bonds is 5. The first-order valence-corrected chi connectivity index (χ1v) is 7.54. The molecule has 0 fully saturated rings. The summed E-state index contributed by atoms with van der Waals surface area (Å²) in [7, 11) is 3.16. The molecule has 1 heterocycles. The Morgan fingerprint density at radius 3 is 2.32 bits per heavy atom. The number of esters is 1. The summed E-state index contributed by atoms with van der Waals surface area (Å²) in [5.74, 6) is 0.961. The lowest BCUT2D eigenvalue weighted by atomic mass is 10.1. The average Bonchev–Trinajstić information content (AvgIpc) is 2.68. The molecule has 0 aliphatic rings. The van der Waals surface area contributed by atoms with Crippen LogP contribution in [0.2, 0.25) is 0 Å². The van der Waals surface area contributed by atoms with Crippen molar-refractivity contribution in [3.63, 3.8) is 0 Å². The van der Waals surface area contributed by atoms with Crippen molar-refractivity contribution in [3.8, 4) is 28.6 Å². The van der Waals surface area contributed by atoms with E-state index in [4.69, 9.17) is 14.2 Å². The summed E-state index contributed by atoms with van der Waals surface area (Å²) < 4.78 is 15.8. The quantitative estimate of drug-likeness (QED) is 0.665. The van der Waals surface area contributed by atoms with Gasteiger partial charge in [0.15, 0.2) is 0 Å². The second-order valence-corrected chi connectivity index (χ2v) is 5.08. The van der Waals surface area contributed by atoms with Gasteiger partial charge in [-0.2, -0.15) is 0 Å². The van der Waals surface area contributed by atoms with E-state index in [2.05, 4.69) is 10.2 Å². The van der Waals surface area contributed by atoms with E-state index in [1.165, 1.54) is 0 Å². The van der Waals surface area contributed by atoms with Crippen molar-refractivity contribution in [3.05, 3.63) is 66.2 Å². The van der Waals surface area contributed by atoms with Crippen molar-refractivity contribution in [1.82, 2.24) is 10.2 Å². The molecule has 3 aromatic rings. The Balaban J connectivity index is 1.82. The number of carbonyl (C=O) groups excluding carboxylic acids is 1. The minimum absolute atomic E-state index is 0.125. The highest BCUT2D eigenvalue weighted by Gasteiger charge is 2.12. The summed E-state index contributed by atoms with van der Waals surface area (Å²) in [5.41, 5.74) is 1.76. The molecule has 25 heavy (non-hydrogen) atoms. The number of hydrogen-bond acceptors (Lipinski definition) is 6. The molecule has 0 saturated carbocycles. The van der Waals surface area contributed by atoms with Crippen LogP contribution in [0.15, 0.2) is 60.7 Å². The lowest BCUT2D eigenvalue weighted by Gasteiger charge is -2.10. The molecular formula is C19H16N2O4. The zero-order valence-electron chi connectivity index (χ0n) is 13.8. The van der Waals surface area contributed by atoms with Crippen LogP contribution in [0.5, 0.6) is 17.4 Å². The Kier molecular flexibility index (Phi) is 4.89. The minimum atomic E-state index is -0.485. The van der Waals surface area contributed by atoms with Crippen molar-refractivity contribution >= 4 is 5.97 Å². The molecule has 1 aromatic heterocycles. The lowest BCUT2D eigenvalue weighted by molar-refractivity contribution is 0.0726. The first-order valence-electron chi connectivity index (χ1n) is 7.54. The third-order valence-electron chi connectivity index (χ3n) is 3.53. The molecule has 2 aromatic carbocycles. The van der Waals surface area contributed by atoms with Crippen LogP contribution < -0.4 is 14.2 Å². The normalized spacial score (nSPS) is 10.2. The van der Waals surface area contributed by atoms with Crippen LogP contribution in [0.3, 0.4) is 0 Å².